The summed E-state index contributed by atoms with van der Waals surface area (Å²) in [6.07, 6.45) is 4.76. The van der Waals surface area contributed by atoms with Gasteiger partial charge in [-0.15, -0.1) is 0 Å². The van der Waals surface area contributed by atoms with E-state index in [2.05, 4.69) is 34.0 Å². The summed E-state index contributed by atoms with van der Waals surface area (Å²) in [7, 11) is 0. The van der Waals surface area contributed by atoms with E-state index in [0.29, 0.717) is 11.9 Å². The molecule has 2 rings (SSSR count). The molecule has 1 saturated heterocycles. The Balaban J connectivity index is 1.74. The molecule has 2 heterocycles. The van der Waals surface area contributed by atoms with Crippen molar-refractivity contribution in [3.05, 3.63) is 18.2 Å². The van der Waals surface area contributed by atoms with E-state index in [0.717, 1.165) is 44.9 Å². The van der Waals surface area contributed by atoms with Crippen LogP contribution in [0.3, 0.4) is 0 Å². The molecular weight excluding hydrogens is 243 g/mol. The zero-order valence-electron chi connectivity index (χ0n) is 11.8. The fourth-order valence-corrected chi connectivity index (χ4v) is 2.38. The maximum atomic E-state index is 12.8. The van der Waals surface area contributed by atoms with Crippen molar-refractivity contribution in [3.63, 3.8) is 0 Å². The maximum Gasteiger partial charge on any atom is 0.225 e. The highest BCUT2D eigenvalue weighted by Crippen LogP contribution is 2.19. The Kier molecular flexibility index (Phi) is 5.07. The molecule has 0 radical (unpaired) electrons. The molecule has 1 N–H and O–H groups in total. The van der Waals surface area contributed by atoms with Crippen LogP contribution >= 0.6 is 0 Å². The molecule has 0 bridgehead atoms. The Bertz CT molecular complexity index is 372. The highest BCUT2D eigenvalue weighted by atomic mass is 19.1. The lowest BCUT2D eigenvalue weighted by Crippen LogP contribution is -2.38. The van der Waals surface area contributed by atoms with Gasteiger partial charge in [0.15, 0.2) is 5.82 Å². The molecule has 1 aliphatic heterocycles. The number of nitrogens with one attached hydrogen (secondary N) is 1. The molecule has 0 amide bonds. The van der Waals surface area contributed by atoms with E-state index in [1.807, 2.05) is 0 Å². The van der Waals surface area contributed by atoms with E-state index >= 15 is 0 Å². The van der Waals surface area contributed by atoms with Crippen LogP contribution in [0, 0.1) is 17.7 Å². The van der Waals surface area contributed by atoms with Crippen LogP contribution in [0.1, 0.15) is 26.7 Å². The quantitative estimate of drug-likeness (QED) is 0.886. The van der Waals surface area contributed by atoms with Gasteiger partial charge in [-0.1, -0.05) is 13.8 Å². The number of hydrogen-bond donors (Lipinski definition) is 1. The first-order valence-electron chi connectivity index (χ1n) is 7.08. The maximum absolute atomic E-state index is 12.8. The number of nitrogens with zero attached hydrogens (tertiary/aromatic N) is 3. The Morgan fingerprint density at radius 1 is 1.32 bits per heavy atom. The predicted octanol–water partition coefficient (Wildman–Crippen LogP) is 2.08. The molecule has 0 aromatic carbocycles. The fraction of sp³-hybridized carbons (Fsp3) is 0.714. The Hall–Kier alpha value is -1.23. The van der Waals surface area contributed by atoms with Crippen LogP contribution in [0.5, 0.6) is 0 Å². The van der Waals surface area contributed by atoms with Crippen molar-refractivity contribution in [2.24, 2.45) is 11.8 Å². The zero-order valence-corrected chi connectivity index (χ0v) is 11.8. The van der Waals surface area contributed by atoms with Gasteiger partial charge in [0.25, 0.3) is 0 Å². The number of halogens is 1. The number of piperidine rings is 1. The predicted molar refractivity (Wildman–Crippen MR) is 74.6 cm³/mol. The van der Waals surface area contributed by atoms with Crippen LogP contribution in [0.15, 0.2) is 12.4 Å². The summed E-state index contributed by atoms with van der Waals surface area (Å²) < 4.78 is 12.8. The van der Waals surface area contributed by atoms with Crippen molar-refractivity contribution in [1.29, 1.82) is 0 Å². The van der Waals surface area contributed by atoms with Crippen LogP contribution in [-0.4, -0.2) is 36.1 Å². The third kappa shape index (κ3) is 4.42. The Labute approximate surface area is 114 Å². The number of aromatic nitrogens is 2. The van der Waals surface area contributed by atoms with Gasteiger partial charge in [-0.2, -0.15) is 0 Å². The molecule has 4 nitrogen and oxygen atoms in total. The van der Waals surface area contributed by atoms with E-state index in [9.17, 15) is 4.39 Å². The van der Waals surface area contributed by atoms with Gasteiger partial charge in [0.05, 0.1) is 12.4 Å². The summed E-state index contributed by atoms with van der Waals surface area (Å²) in [5.74, 6) is 1.70. The first kappa shape index (κ1) is 14.2. The lowest BCUT2D eigenvalue weighted by Gasteiger charge is -2.32. The lowest BCUT2D eigenvalue weighted by atomic mass is 9.97. The standard InChI is InChI=1S/C14H23FN4/c1-11(2)7-16-8-12-3-5-19(6-4-12)14-17-9-13(15)10-18-14/h9-12,16H,3-8H2,1-2H3. The molecule has 0 aliphatic carbocycles. The van der Waals surface area contributed by atoms with Gasteiger partial charge in [-0.25, -0.2) is 14.4 Å². The minimum absolute atomic E-state index is 0.378. The van der Waals surface area contributed by atoms with Crippen LogP contribution in [0.25, 0.3) is 0 Å². The topological polar surface area (TPSA) is 41.0 Å². The molecule has 1 aromatic heterocycles. The van der Waals surface area contributed by atoms with Crippen LogP contribution < -0.4 is 10.2 Å². The molecule has 1 fully saturated rings. The van der Waals surface area contributed by atoms with Gasteiger partial charge in [0.2, 0.25) is 5.95 Å². The van der Waals surface area contributed by atoms with Crippen molar-refractivity contribution >= 4 is 5.95 Å². The van der Waals surface area contributed by atoms with E-state index < -0.39 is 0 Å². The molecule has 0 spiro atoms. The normalized spacial score (nSPS) is 17.2. The smallest absolute Gasteiger partial charge is 0.225 e. The van der Waals surface area contributed by atoms with E-state index in [1.54, 1.807) is 0 Å². The minimum atomic E-state index is -0.378. The largest absolute Gasteiger partial charge is 0.341 e. The van der Waals surface area contributed by atoms with Gasteiger partial charge in [0.1, 0.15) is 0 Å². The highest BCUT2D eigenvalue weighted by molar-refractivity contribution is 5.29. The Morgan fingerprint density at radius 2 is 1.95 bits per heavy atom. The van der Waals surface area contributed by atoms with Gasteiger partial charge < -0.3 is 10.2 Å². The number of hydrogen-bond acceptors (Lipinski definition) is 4. The third-order valence-electron chi connectivity index (χ3n) is 3.49. The molecule has 0 atom stereocenters. The van der Waals surface area contributed by atoms with Gasteiger partial charge >= 0.3 is 0 Å². The molecule has 0 saturated carbocycles. The van der Waals surface area contributed by atoms with Crippen molar-refractivity contribution in [2.45, 2.75) is 26.7 Å². The zero-order chi connectivity index (χ0) is 13.7. The first-order valence-corrected chi connectivity index (χ1v) is 7.08. The molecule has 1 aliphatic rings. The number of anilines is 1. The second-order valence-electron chi connectivity index (χ2n) is 5.68. The summed E-state index contributed by atoms with van der Waals surface area (Å²) in [6.45, 7) is 8.54. The molecule has 19 heavy (non-hydrogen) atoms. The first-order chi connectivity index (χ1) is 9.15. The summed E-state index contributed by atoms with van der Waals surface area (Å²) in [5.41, 5.74) is 0. The molecule has 0 unspecified atom stereocenters. The fourth-order valence-electron chi connectivity index (χ4n) is 2.38. The molecule has 106 valence electrons. The van der Waals surface area contributed by atoms with Gasteiger partial charge in [0, 0.05) is 13.1 Å². The van der Waals surface area contributed by atoms with Crippen molar-refractivity contribution in [3.8, 4) is 0 Å². The summed E-state index contributed by atoms with van der Waals surface area (Å²) in [5, 5.41) is 3.52. The van der Waals surface area contributed by atoms with Crippen LogP contribution in [-0.2, 0) is 0 Å². The summed E-state index contributed by atoms with van der Waals surface area (Å²) in [6, 6.07) is 0. The molecular formula is C14H23FN4. The highest BCUT2D eigenvalue weighted by Gasteiger charge is 2.20. The Morgan fingerprint density at radius 3 is 2.53 bits per heavy atom. The molecule has 5 heteroatoms. The second-order valence-corrected chi connectivity index (χ2v) is 5.68. The number of rotatable bonds is 5. The summed E-state index contributed by atoms with van der Waals surface area (Å²) >= 11 is 0. The van der Waals surface area contributed by atoms with E-state index in [-0.39, 0.29) is 5.82 Å². The van der Waals surface area contributed by atoms with Crippen molar-refractivity contribution in [1.82, 2.24) is 15.3 Å². The van der Waals surface area contributed by atoms with Gasteiger partial charge in [-0.05, 0) is 37.8 Å². The monoisotopic (exact) mass is 266 g/mol. The SMILES string of the molecule is CC(C)CNCC1CCN(c2ncc(F)cn2)CC1. The minimum Gasteiger partial charge on any atom is -0.341 e. The van der Waals surface area contributed by atoms with E-state index in [4.69, 9.17) is 0 Å². The van der Waals surface area contributed by atoms with E-state index in [1.165, 1.54) is 12.4 Å². The summed E-state index contributed by atoms with van der Waals surface area (Å²) in [4.78, 5) is 10.2. The van der Waals surface area contributed by atoms with Crippen molar-refractivity contribution < 1.29 is 4.39 Å². The average molecular weight is 266 g/mol. The van der Waals surface area contributed by atoms with Crippen LogP contribution in [0.4, 0.5) is 10.3 Å². The molecule has 1 aromatic rings. The lowest BCUT2D eigenvalue weighted by molar-refractivity contribution is 0.371. The van der Waals surface area contributed by atoms with Gasteiger partial charge in [-0.3, -0.25) is 0 Å². The van der Waals surface area contributed by atoms with Crippen LogP contribution in [0.2, 0.25) is 0 Å². The van der Waals surface area contributed by atoms with Crippen molar-refractivity contribution in [2.75, 3.05) is 31.1 Å². The third-order valence-corrected chi connectivity index (χ3v) is 3.49. The average Bonchev–Trinajstić information content (AvgIpc) is 2.40. The second kappa shape index (κ2) is 6.80.